The van der Waals surface area contributed by atoms with Gasteiger partial charge in [0.2, 0.25) is 0 Å². The predicted molar refractivity (Wildman–Crippen MR) is 50.6 cm³/mol. The summed E-state index contributed by atoms with van der Waals surface area (Å²) >= 11 is 5.64. The number of hydrogen-bond donors (Lipinski definition) is 0. The molecule has 0 bridgehead atoms. The molecule has 0 aliphatic rings. The highest BCUT2D eigenvalue weighted by atomic mass is 35.5. The van der Waals surface area contributed by atoms with Gasteiger partial charge >= 0.3 is 0 Å². The molecule has 1 aromatic carbocycles. The highest BCUT2D eigenvalue weighted by Gasteiger charge is 2.19. The van der Waals surface area contributed by atoms with E-state index in [1.165, 1.54) is 0 Å². The maximum atomic E-state index is 13.1. The number of benzene rings is 1. The monoisotopic (exact) mass is 218 g/mol. The van der Waals surface area contributed by atoms with Gasteiger partial charge in [0.15, 0.2) is 5.78 Å². The summed E-state index contributed by atoms with van der Waals surface area (Å²) in [6.45, 7) is 1.70. The summed E-state index contributed by atoms with van der Waals surface area (Å²) in [7, 11) is 0. The van der Waals surface area contributed by atoms with Gasteiger partial charge in [-0.3, -0.25) is 4.79 Å². The Balaban J connectivity index is 3.06. The van der Waals surface area contributed by atoms with Gasteiger partial charge in [-0.2, -0.15) is 0 Å². The lowest BCUT2D eigenvalue weighted by Gasteiger charge is -2.06. The molecule has 0 aromatic heterocycles. The molecule has 1 nitrogen and oxygen atoms in total. The first-order valence-corrected chi connectivity index (χ1v) is 4.63. The van der Waals surface area contributed by atoms with Gasteiger partial charge in [-0.1, -0.05) is 6.92 Å². The number of ketones is 1. The molecule has 0 saturated heterocycles. The van der Waals surface area contributed by atoms with Gasteiger partial charge in [0.1, 0.15) is 11.6 Å². The summed E-state index contributed by atoms with van der Waals surface area (Å²) < 4.78 is 25.8. The number of rotatable bonds is 3. The molecule has 1 aromatic rings. The molecule has 14 heavy (non-hydrogen) atoms. The quantitative estimate of drug-likeness (QED) is 0.563. The van der Waals surface area contributed by atoms with Crippen LogP contribution in [-0.4, -0.2) is 11.2 Å². The zero-order chi connectivity index (χ0) is 10.7. The Bertz CT molecular complexity index is 352. The second-order valence-electron chi connectivity index (χ2n) is 2.86. The summed E-state index contributed by atoms with van der Waals surface area (Å²) in [6.07, 6.45) is 0.385. The van der Waals surface area contributed by atoms with E-state index < -0.39 is 22.8 Å². The zero-order valence-corrected chi connectivity index (χ0v) is 8.31. The molecule has 1 unspecified atom stereocenters. The second-order valence-corrected chi connectivity index (χ2v) is 3.39. The standard InChI is InChI=1S/C10H9ClF2O/c1-2-8(11)10(14)7-5-6(12)3-4-9(7)13/h3-5,8H,2H2,1H3. The van der Waals surface area contributed by atoms with Crippen molar-refractivity contribution in [1.82, 2.24) is 0 Å². The molecule has 4 heteroatoms. The van der Waals surface area contributed by atoms with Crippen LogP contribution in [0.15, 0.2) is 18.2 Å². The third-order valence-electron chi connectivity index (χ3n) is 1.84. The van der Waals surface area contributed by atoms with Gasteiger partial charge in [-0.05, 0) is 24.6 Å². The lowest BCUT2D eigenvalue weighted by Crippen LogP contribution is -2.15. The number of hydrogen-bond acceptors (Lipinski definition) is 1. The van der Waals surface area contributed by atoms with Crippen LogP contribution < -0.4 is 0 Å². The van der Waals surface area contributed by atoms with Crippen LogP contribution in [-0.2, 0) is 0 Å². The van der Waals surface area contributed by atoms with Crippen LogP contribution in [0.25, 0.3) is 0 Å². The average molecular weight is 219 g/mol. The van der Waals surface area contributed by atoms with Gasteiger partial charge in [-0.25, -0.2) is 8.78 Å². The molecule has 1 atom stereocenters. The Labute approximate surface area is 85.7 Å². The number of carbonyl (C=O) groups is 1. The zero-order valence-electron chi connectivity index (χ0n) is 7.56. The SMILES string of the molecule is CCC(Cl)C(=O)c1cc(F)ccc1F. The van der Waals surface area contributed by atoms with E-state index in [4.69, 9.17) is 11.6 Å². The molecule has 0 N–H and O–H groups in total. The molecule has 0 heterocycles. The van der Waals surface area contributed by atoms with Crippen molar-refractivity contribution in [2.45, 2.75) is 18.7 Å². The molecular formula is C10H9ClF2O. The highest BCUT2D eigenvalue weighted by molar-refractivity contribution is 6.33. The van der Waals surface area contributed by atoms with Crippen LogP contribution in [0, 0.1) is 11.6 Å². The largest absolute Gasteiger partial charge is 0.292 e. The van der Waals surface area contributed by atoms with E-state index in [2.05, 4.69) is 0 Å². The van der Waals surface area contributed by atoms with Gasteiger partial charge in [0.25, 0.3) is 0 Å². The Morgan fingerprint density at radius 1 is 1.50 bits per heavy atom. The van der Waals surface area contributed by atoms with Crippen LogP contribution in [0.2, 0.25) is 0 Å². The van der Waals surface area contributed by atoms with Gasteiger partial charge in [0, 0.05) is 0 Å². The fraction of sp³-hybridized carbons (Fsp3) is 0.300. The minimum atomic E-state index is -0.800. The first kappa shape index (κ1) is 11.1. The van der Waals surface area contributed by atoms with Crippen molar-refractivity contribution in [3.8, 4) is 0 Å². The summed E-state index contributed by atoms with van der Waals surface area (Å²) in [6, 6.07) is 2.74. The van der Waals surface area contributed by atoms with Crippen molar-refractivity contribution >= 4 is 17.4 Å². The summed E-state index contributed by atoms with van der Waals surface area (Å²) in [5.74, 6) is -1.96. The van der Waals surface area contributed by atoms with Crippen molar-refractivity contribution in [1.29, 1.82) is 0 Å². The van der Waals surface area contributed by atoms with Crippen molar-refractivity contribution in [3.05, 3.63) is 35.4 Å². The van der Waals surface area contributed by atoms with Crippen molar-refractivity contribution < 1.29 is 13.6 Å². The molecule has 0 saturated carbocycles. The third kappa shape index (κ3) is 2.29. The van der Waals surface area contributed by atoms with Crippen molar-refractivity contribution in [3.63, 3.8) is 0 Å². The topological polar surface area (TPSA) is 17.1 Å². The molecular weight excluding hydrogens is 210 g/mol. The van der Waals surface area contributed by atoms with E-state index in [0.717, 1.165) is 18.2 Å². The minimum absolute atomic E-state index is 0.285. The molecule has 0 aliphatic heterocycles. The number of halogens is 3. The molecule has 0 radical (unpaired) electrons. The van der Waals surface area contributed by atoms with E-state index in [9.17, 15) is 13.6 Å². The Hall–Kier alpha value is -0.960. The van der Waals surface area contributed by atoms with Crippen LogP contribution in [0.3, 0.4) is 0 Å². The normalized spacial score (nSPS) is 12.6. The van der Waals surface area contributed by atoms with Gasteiger partial charge < -0.3 is 0 Å². The van der Waals surface area contributed by atoms with Crippen LogP contribution >= 0.6 is 11.6 Å². The maximum absolute atomic E-state index is 13.1. The average Bonchev–Trinajstić information content (AvgIpc) is 2.19. The lowest BCUT2D eigenvalue weighted by atomic mass is 10.1. The maximum Gasteiger partial charge on any atom is 0.183 e. The van der Waals surface area contributed by atoms with Crippen molar-refractivity contribution in [2.24, 2.45) is 0 Å². The Morgan fingerprint density at radius 3 is 2.71 bits per heavy atom. The van der Waals surface area contributed by atoms with E-state index in [1.54, 1.807) is 6.92 Å². The van der Waals surface area contributed by atoms with Crippen LogP contribution in [0.4, 0.5) is 8.78 Å². The molecule has 0 spiro atoms. The molecule has 0 amide bonds. The lowest BCUT2D eigenvalue weighted by molar-refractivity contribution is 0.0981. The third-order valence-corrected chi connectivity index (χ3v) is 2.34. The molecule has 0 aliphatic carbocycles. The fourth-order valence-corrected chi connectivity index (χ4v) is 1.16. The second kappa shape index (κ2) is 4.51. The first-order chi connectivity index (χ1) is 6.56. The van der Waals surface area contributed by atoms with E-state index in [1.807, 2.05) is 0 Å². The fourth-order valence-electron chi connectivity index (χ4n) is 1.04. The van der Waals surface area contributed by atoms with Crippen molar-refractivity contribution in [2.75, 3.05) is 0 Å². The molecule has 1 rings (SSSR count). The highest BCUT2D eigenvalue weighted by Crippen LogP contribution is 2.16. The Morgan fingerprint density at radius 2 is 2.14 bits per heavy atom. The minimum Gasteiger partial charge on any atom is -0.292 e. The summed E-state index contributed by atoms with van der Waals surface area (Å²) in [5, 5.41) is -0.800. The molecule has 76 valence electrons. The van der Waals surface area contributed by atoms with Crippen LogP contribution in [0.1, 0.15) is 23.7 Å². The van der Waals surface area contributed by atoms with E-state index >= 15 is 0 Å². The number of alkyl halides is 1. The number of carbonyl (C=O) groups excluding carboxylic acids is 1. The van der Waals surface area contributed by atoms with Gasteiger partial charge in [0.05, 0.1) is 10.9 Å². The van der Waals surface area contributed by atoms with E-state index in [0.29, 0.717) is 6.42 Å². The van der Waals surface area contributed by atoms with Crippen LogP contribution in [0.5, 0.6) is 0 Å². The molecule has 0 fully saturated rings. The summed E-state index contributed by atoms with van der Waals surface area (Å²) in [4.78, 5) is 11.4. The smallest absolute Gasteiger partial charge is 0.183 e. The number of Topliss-reactive ketones (excluding diaryl/α,β-unsaturated/α-hetero) is 1. The Kier molecular flexibility index (Phi) is 3.58. The van der Waals surface area contributed by atoms with E-state index in [-0.39, 0.29) is 5.56 Å². The summed E-state index contributed by atoms with van der Waals surface area (Å²) in [5.41, 5.74) is -0.285. The predicted octanol–water partition coefficient (Wildman–Crippen LogP) is 3.16. The van der Waals surface area contributed by atoms with Gasteiger partial charge in [-0.15, -0.1) is 11.6 Å². The first-order valence-electron chi connectivity index (χ1n) is 4.19.